The summed E-state index contributed by atoms with van der Waals surface area (Å²) >= 11 is 0. The van der Waals surface area contributed by atoms with Crippen molar-refractivity contribution in [2.45, 2.75) is 42.3 Å². The van der Waals surface area contributed by atoms with Crippen molar-refractivity contribution in [3.63, 3.8) is 0 Å². The highest BCUT2D eigenvalue weighted by molar-refractivity contribution is 7.90. The third-order valence-corrected chi connectivity index (χ3v) is 9.30. The molecular formula is C30H29F3N6O3S. The molecule has 2 aliphatic rings. The van der Waals surface area contributed by atoms with E-state index in [4.69, 9.17) is 4.78 Å². The first-order valence-corrected chi connectivity index (χ1v) is 15.2. The molecule has 0 saturated carbocycles. The Hall–Kier alpha value is -4.20. The van der Waals surface area contributed by atoms with Crippen molar-refractivity contribution in [1.82, 2.24) is 14.7 Å². The molecule has 13 heteroatoms. The highest BCUT2D eigenvalue weighted by atomic mass is 32.2. The van der Waals surface area contributed by atoms with E-state index in [1.807, 2.05) is 41.3 Å². The van der Waals surface area contributed by atoms with Crippen molar-refractivity contribution < 1.29 is 27.2 Å². The van der Waals surface area contributed by atoms with E-state index in [2.05, 4.69) is 36.5 Å². The van der Waals surface area contributed by atoms with Crippen molar-refractivity contribution >= 4 is 27.1 Å². The maximum atomic E-state index is 13.7. The second kappa shape index (κ2) is 11.5. The van der Waals surface area contributed by atoms with E-state index in [1.54, 1.807) is 12.3 Å². The number of hydrogen-bond acceptors (Lipinski definition) is 8. The van der Waals surface area contributed by atoms with Gasteiger partial charge in [0.2, 0.25) is 0 Å². The number of aryl methyl sites for hydroxylation is 2. The molecule has 0 aliphatic carbocycles. The van der Waals surface area contributed by atoms with E-state index in [1.165, 1.54) is 6.33 Å². The molecule has 4 aromatic rings. The van der Waals surface area contributed by atoms with Gasteiger partial charge in [0.1, 0.15) is 27.8 Å². The lowest BCUT2D eigenvalue weighted by Crippen LogP contribution is -2.65. The minimum absolute atomic E-state index is 0.0459. The van der Waals surface area contributed by atoms with E-state index >= 15 is 0 Å². The lowest BCUT2D eigenvalue weighted by Gasteiger charge is -2.47. The van der Waals surface area contributed by atoms with Gasteiger partial charge >= 0.3 is 6.36 Å². The van der Waals surface area contributed by atoms with Gasteiger partial charge in [0.05, 0.1) is 23.1 Å². The van der Waals surface area contributed by atoms with Crippen molar-refractivity contribution in [3.05, 3.63) is 103 Å². The van der Waals surface area contributed by atoms with Crippen LogP contribution in [-0.4, -0.2) is 56.9 Å². The molecule has 3 heterocycles. The molecular weight excluding hydrogens is 581 g/mol. The first-order chi connectivity index (χ1) is 20.6. The van der Waals surface area contributed by atoms with Gasteiger partial charge in [0.15, 0.2) is 0 Å². The van der Waals surface area contributed by atoms with Crippen LogP contribution in [-0.2, 0) is 22.8 Å². The Balaban J connectivity index is 1.38. The molecule has 4 atom stereocenters. The fourth-order valence-electron chi connectivity index (χ4n) is 5.81. The fourth-order valence-corrected chi connectivity index (χ4v) is 7.10. The average molecular weight is 611 g/mol. The summed E-state index contributed by atoms with van der Waals surface area (Å²) in [7, 11) is -3.77. The molecule has 4 unspecified atom stereocenters. The number of piperidine rings is 1. The van der Waals surface area contributed by atoms with Gasteiger partial charge < -0.3 is 19.6 Å². The van der Waals surface area contributed by atoms with Crippen LogP contribution in [0.2, 0.25) is 0 Å². The lowest BCUT2D eigenvalue weighted by atomic mass is 9.94. The van der Waals surface area contributed by atoms with Crippen molar-refractivity contribution in [2.24, 2.45) is 0 Å². The maximum Gasteiger partial charge on any atom is 0.573 e. The zero-order chi connectivity index (χ0) is 30.2. The highest BCUT2D eigenvalue weighted by Gasteiger charge is 2.43. The Morgan fingerprint density at radius 2 is 1.56 bits per heavy atom. The quantitative estimate of drug-likeness (QED) is 0.286. The topological polar surface area (TPSA) is 115 Å². The predicted octanol–water partition coefficient (Wildman–Crippen LogP) is 4.84. The number of anilines is 3. The molecule has 9 nitrogen and oxygen atoms in total. The Kier molecular flexibility index (Phi) is 7.71. The number of nitrogens with one attached hydrogen (secondary N) is 2. The Morgan fingerprint density at radius 1 is 0.930 bits per heavy atom. The summed E-state index contributed by atoms with van der Waals surface area (Å²) in [4.78, 5) is 12.4. The van der Waals surface area contributed by atoms with Crippen LogP contribution in [0, 0.1) is 4.78 Å². The van der Waals surface area contributed by atoms with Gasteiger partial charge in [-0.1, -0.05) is 36.4 Å². The number of aliphatic hydroxyl groups is 1. The van der Waals surface area contributed by atoms with Crippen LogP contribution >= 0.6 is 0 Å². The molecule has 224 valence electrons. The third-order valence-electron chi connectivity index (χ3n) is 7.73. The zero-order valence-corrected chi connectivity index (χ0v) is 23.6. The molecule has 0 spiro atoms. The summed E-state index contributed by atoms with van der Waals surface area (Å²) in [5.41, 5.74) is 4.15. The average Bonchev–Trinajstić information content (AvgIpc) is 3.15. The molecule has 1 aromatic heterocycles. The highest BCUT2D eigenvalue weighted by Crippen LogP contribution is 2.40. The van der Waals surface area contributed by atoms with Crippen LogP contribution in [0.25, 0.3) is 0 Å². The Bertz CT molecular complexity index is 1640. The Morgan fingerprint density at radius 3 is 2.14 bits per heavy atom. The van der Waals surface area contributed by atoms with E-state index in [0.29, 0.717) is 12.4 Å². The first-order valence-electron chi connectivity index (χ1n) is 13.6. The first kappa shape index (κ1) is 28.9. The summed E-state index contributed by atoms with van der Waals surface area (Å²) in [6.45, 7) is 0.526. The molecule has 0 amide bonds. The molecule has 43 heavy (non-hydrogen) atoms. The number of halogens is 3. The predicted molar refractivity (Wildman–Crippen MR) is 156 cm³/mol. The third kappa shape index (κ3) is 6.14. The Labute approximate surface area is 247 Å². The van der Waals surface area contributed by atoms with Gasteiger partial charge in [-0.3, -0.25) is 0 Å². The molecule has 6 rings (SSSR count). The largest absolute Gasteiger partial charge is 0.573 e. The van der Waals surface area contributed by atoms with Gasteiger partial charge in [-0.25, -0.2) is 23.7 Å². The van der Waals surface area contributed by atoms with Gasteiger partial charge in [-0.2, -0.15) is 0 Å². The number of para-hydroxylation sites is 2. The molecule has 1 fully saturated rings. The summed E-state index contributed by atoms with van der Waals surface area (Å²) in [5, 5.41) is 12.0. The maximum absolute atomic E-state index is 13.7. The van der Waals surface area contributed by atoms with Gasteiger partial charge in [-0.05, 0) is 66.4 Å². The van der Waals surface area contributed by atoms with Crippen molar-refractivity contribution in [2.75, 3.05) is 22.9 Å². The number of alkyl halides is 3. The van der Waals surface area contributed by atoms with Crippen LogP contribution in [0.3, 0.4) is 0 Å². The second-order valence-corrected chi connectivity index (χ2v) is 12.3. The van der Waals surface area contributed by atoms with Gasteiger partial charge in [0.25, 0.3) is 0 Å². The van der Waals surface area contributed by atoms with E-state index in [0.717, 1.165) is 59.6 Å². The number of aromatic nitrogens is 2. The van der Waals surface area contributed by atoms with Crippen LogP contribution in [0.15, 0.2) is 96.3 Å². The number of fused-ring (bicyclic) bond motifs is 2. The van der Waals surface area contributed by atoms with Crippen LogP contribution in [0.5, 0.6) is 5.75 Å². The number of nitrogens with zero attached hydrogens (tertiary/aromatic N) is 4. The number of rotatable bonds is 6. The SMILES string of the molecule is N=S(=O)(NC1CN(c2ccncn2)CC(N2c3ccccc3CCc3ccccc32)C1O)c1ccc(OC(F)(F)F)cc1. The van der Waals surface area contributed by atoms with Gasteiger partial charge in [-0.15, -0.1) is 13.2 Å². The normalized spacial score (nSPS) is 21.7. The summed E-state index contributed by atoms with van der Waals surface area (Å²) < 4.78 is 67.0. The lowest BCUT2D eigenvalue weighted by molar-refractivity contribution is -0.274. The van der Waals surface area contributed by atoms with Crippen molar-refractivity contribution in [1.29, 1.82) is 4.78 Å². The minimum Gasteiger partial charge on any atom is -0.406 e. The van der Waals surface area contributed by atoms with E-state index in [-0.39, 0.29) is 11.4 Å². The standard InChI is InChI=1S/C30H29F3N6O3S/c31-30(32,33)42-22-11-13-23(14-12-22)43(34,41)37-24-17-38(28-15-16-35-19-36-28)18-27(29(24)40)39-25-7-3-1-5-20(25)9-10-21-6-2-4-8-26(21)39/h1-8,11-16,19,24,27,29,40H,9-10,17-18H2,(H2,34,37,41). The molecule has 1 saturated heterocycles. The zero-order valence-electron chi connectivity index (χ0n) is 22.8. The van der Waals surface area contributed by atoms with Crippen LogP contribution in [0.1, 0.15) is 11.1 Å². The summed E-state index contributed by atoms with van der Waals surface area (Å²) in [5.74, 6) is 0.109. The summed E-state index contributed by atoms with van der Waals surface area (Å²) in [6, 6.07) is 20.7. The van der Waals surface area contributed by atoms with Gasteiger partial charge in [0, 0.05) is 30.7 Å². The monoisotopic (exact) mass is 610 g/mol. The summed E-state index contributed by atoms with van der Waals surface area (Å²) in [6.07, 6.45) is -1.31. The molecule has 3 aromatic carbocycles. The number of benzene rings is 3. The smallest absolute Gasteiger partial charge is 0.406 e. The van der Waals surface area contributed by atoms with E-state index in [9.17, 15) is 22.5 Å². The fraction of sp³-hybridized carbons (Fsp3) is 0.267. The molecule has 3 N–H and O–H groups in total. The van der Waals surface area contributed by atoms with Crippen LogP contribution in [0.4, 0.5) is 30.4 Å². The number of hydrogen-bond donors (Lipinski definition) is 3. The number of ether oxygens (including phenoxy) is 1. The second-order valence-electron chi connectivity index (χ2n) is 10.5. The minimum atomic E-state index is -4.88. The molecule has 2 aliphatic heterocycles. The van der Waals surface area contributed by atoms with Crippen molar-refractivity contribution in [3.8, 4) is 5.75 Å². The number of aliphatic hydroxyl groups excluding tert-OH is 1. The van der Waals surface area contributed by atoms with E-state index < -0.39 is 40.2 Å². The molecule has 0 radical (unpaired) electrons. The van der Waals surface area contributed by atoms with Crippen LogP contribution < -0.4 is 19.3 Å². The molecule has 0 bridgehead atoms.